The minimum absolute atomic E-state index is 0.0259. The summed E-state index contributed by atoms with van der Waals surface area (Å²) >= 11 is 3.34. The van der Waals surface area contributed by atoms with E-state index in [2.05, 4.69) is 95.4 Å². The minimum atomic E-state index is -0.523. The van der Waals surface area contributed by atoms with Crippen LogP contribution < -0.4 is 5.46 Å². The van der Waals surface area contributed by atoms with Crippen molar-refractivity contribution in [3.63, 3.8) is 0 Å². The molecular formula is C29H53B2BrN4O5. The van der Waals surface area contributed by atoms with Gasteiger partial charge in [0.1, 0.15) is 0 Å². The summed E-state index contributed by atoms with van der Waals surface area (Å²) in [6.07, 6.45) is 7.72. The number of hydrogen-bond donors (Lipinski definition) is 0. The fourth-order valence-electron chi connectivity index (χ4n) is 3.54. The van der Waals surface area contributed by atoms with E-state index in [-0.39, 0.29) is 46.7 Å². The van der Waals surface area contributed by atoms with E-state index >= 15 is 0 Å². The summed E-state index contributed by atoms with van der Waals surface area (Å²) in [6, 6.07) is 0. The molecule has 0 amide bonds. The third-order valence-electron chi connectivity index (χ3n) is 7.67. The minimum Gasteiger partial charge on any atom is -0.399 e. The van der Waals surface area contributed by atoms with Crippen molar-refractivity contribution < 1.29 is 23.3 Å². The predicted octanol–water partition coefficient (Wildman–Crippen LogP) is 6.34. The molecule has 12 heteroatoms. The molecule has 2 aliphatic rings. The van der Waals surface area contributed by atoms with Gasteiger partial charge in [0, 0.05) is 30.2 Å². The van der Waals surface area contributed by atoms with E-state index < -0.39 is 7.32 Å². The molecule has 0 spiro atoms. The summed E-state index contributed by atoms with van der Waals surface area (Å²) in [5.74, 6) is 0. The second-order valence-electron chi connectivity index (χ2n) is 15.0. The van der Waals surface area contributed by atoms with Crippen molar-refractivity contribution in [1.29, 1.82) is 0 Å². The van der Waals surface area contributed by atoms with Crippen LogP contribution in [0.4, 0.5) is 0 Å². The Morgan fingerprint density at radius 3 is 1.41 bits per heavy atom. The number of nitrogens with zero attached hydrogens (tertiary/aromatic N) is 4. The smallest absolute Gasteiger partial charge is 0.399 e. The molecule has 41 heavy (non-hydrogen) atoms. The van der Waals surface area contributed by atoms with E-state index in [1.807, 2.05) is 69.5 Å². The van der Waals surface area contributed by atoms with Crippen LogP contribution in [-0.4, -0.2) is 62.5 Å². The van der Waals surface area contributed by atoms with Gasteiger partial charge < -0.3 is 23.3 Å². The van der Waals surface area contributed by atoms with Crippen molar-refractivity contribution in [2.75, 3.05) is 0 Å². The van der Waals surface area contributed by atoms with E-state index in [9.17, 15) is 0 Å². The maximum atomic E-state index is 6.00. The second-order valence-corrected chi connectivity index (χ2v) is 15.9. The normalized spacial score (nSPS) is 20.9. The molecule has 2 fully saturated rings. The highest BCUT2D eigenvalue weighted by atomic mass is 79.9. The quantitative estimate of drug-likeness (QED) is 0.363. The first kappa shape index (κ1) is 36.0. The van der Waals surface area contributed by atoms with Gasteiger partial charge in [0.05, 0.1) is 44.2 Å². The Morgan fingerprint density at radius 1 is 0.707 bits per heavy atom. The van der Waals surface area contributed by atoms with Gasteiger partial charge in [0.2, 0.25) is 0 Å². The van der Waals surface area contributed by atoms with Gasteiger partial charge in [0.15, 0.2) is 0 Å². The third-order valence-corrected chi connectivity index (χ3v) is 8.08. The zero-order chi connectivity index (χ0) is 31.8. The molecule has 0 atom stereocenters. The van der Waals surface area contributed by atoms with Gasteiger partial charge in [-0.25, -0.2) is 0 Å². The molecule has 0 saturated carbocycles. The average molecular weight is 639 g/mol. The van der Waals surface area contributed by atoms with Crippen LogP contribution in [0.1, 0.15) is 111 Å². The van der Waals surface area contributed by atoms with Gasteiger partial charge in [-0.05, 0) is 127 Å². The Morgan fingerprint density at radius 2 is 1.10 bits per heavy atom. The number of halogens is 1. The molecule has 0 bridgehead atoms. The van der Waals surface area contributed by atoms with Crippen molar-refractivity contribution >= 4 is 35.8 Å². The molecule has 0 aliphatic carbocycles. The van der Waals surface area contributed by atoms with Gasteiger partial charge in [-0.2, -0.15) is 10.2 Å². The van der Waals surface area contributed by atoms with Crippen LogP contribution >= 0.6 is 15.9 Å². The summed E-state index contributed by atoms with van der Waals surface area (Å²) in [6.45, 7) is 32.9. The molecular weight excluding hydrogens is 586 g/mol. The van der Waals surface area contributed by atoms with E-state index in [0.29, 0.717) is 0 Å². The molecule has 2 aromatic rings. The standard InChI is InChI=1S/C13H23BN2O2.C9H19BO3.C7H11BrN2/c1-11(2,3)16-9-10(8-15-16)14-17-12(4,5)13(6,7)18-14;1-7(2)11-10-12-8(3,4)9(5,6)13-10;1-7(2,3)10-5-6(8)4-9-10/h8-9H,1-7H3;7H,1-6H3;4-5H,1-3H3. The van der Waals surface area contributed by atoms with Crippen LogP contribution in [0.3, 0.4) is 0 Å². The van der Waals surface area contributed by atoms with E-state index in [1.54, 1.807) is 6.20 Å². The molecule has 2 saturated heterocycles. The topological polar surface area (TPSA) is 81.8 Å². The second kappa shape index (κ2) is 12.4. The number of rotatable bonds is 3. The number of hydrogen-bond acceptors (Lipinski definition) is 7. The Kier molecular flexibility index (Phi) is 10.9. The first-order chi connectivity index (χ1) is 18.3. The van der Waals surface area contributed by atoms with Crippen LogP contribution in [0.25, 0.3) is 0 Å². The Bertz CT molecular complexity index is 1100. The van der Waals surface area contributed by atoms with E-state index in [1.165, 1.54) is 0 Å². The molecule has 2 aliphatic heterocycles. The van der Waals surface area contributed by atoms with Crippen molar-refractivity contribution in [2.24, 2.45) is 0 Å². The highest BCUT2D eigenvalue weighted by Crippen LogP contribution is 2.37. The van der Waals surface area contributed by atoms with Gasteiger partial charge in [-0.15, -0.1) is 0 Å². The summed E-state index contributed by atoms with van der Waals surface area (Å²) < 4.78 is 33.6. The van der Waals surface area contributed by atoms with Crippen LogP contribution in [0.2, 0.25) is 0 Å². The maximum Gasteiger partial charge on any atom is 0.640 e. The summed E-state index contributed by atoms with van der Waals surface area (Å²) in [5.41, 5.74) is -0.167. The van der Waals surface area contributed by atoms with Crippen molar-refractivity contribution in [1.82, 2.24) is 19.6 Å². The lowest BCUT2D eigenvalue weighted by atomic mass is 9.82. The molecule has 9 nitrogen and oxygen atoms in total. The third kappa shape index (κ3) is 9.41. The predicted molar refractivity (Wildman–Crippen MR) is 170 cm³/mol. The Balaban J connectivity index is 0.000000226. The van der Waals surface area contributed by atoms with Crippen LogP contribution in [0, 0.1) is 0 Å². The summed E-state index contributed by atoms with van der Waals surface area (Å²) in [4.78, 5) is 0. The molecule has 2 aromatic heterocycles. The van der Waals surface area contributed by atoms with Crippen LogP contribution in [-0.2, 0) is 34.3 Å². The van der Waals surface area contributed by atoms with E-state index in [0.717, 1.165) is 9.94 Å². The largest absolute Gasteiger partial charge is 0.640 e. The molecule has 0 unspecified atom stereocenters. The molecule has 232 valence electrons. The highest BCUT2D eigenvalue weighted by Gasteiger charge is 2.53. The average Bonchev–Trinajstić information content (AvgIpc) is 3.48. The fourth-order valence-corrected chi connectivity index (χ4v) is 3.82. The fraction of sp³-hybridized carbons (Fsp3) is 0.793. The summed E-state index contributed by atoms with van der Waals surface area (Å²) in [7, 11) is -0.851. The SMILES string of the molecule is CC(C)(C)n1cc(B2OC(C)(C)C(C)(C)O2)cn1.CC(C)(C)n1cc(Br)cn1.CC(C)OB1OC(C)(C)C(C)(C)O1. The molecule has 0 radical (unpaired) electrons. The lowest BCUT2D eigenvalue weighted by molar-refractivity contribution is 0.00578. The molecule has 4 rings (SSSR count). The van der Waals surface area contributed by atoms with Crippen LogP contribution in [0.15, 0.2) is 29.3 Å². The van der Waals surface area contributed by atoms with Crippen molar-refractivity contribution in [3.05, 3.63) is 29.3 Å². The van der Waals surface area contributed by atoms with Gasteiger partial charge in [-0.1, -0.05) is 0 Å². The molecule has 4 heterocycles. The van der Waals surface area contributed by atoms with Crippen molar-refractivity contribution in [3.8, 4) is 0 Å². The lowest BCUT2D eigenvalue weighted by Gasteiger charge is -2.32. The number of aromatic nitrogens is 4. The van der Waals surface area contributed by atoms with Gasteiger partial charge in [0.25, 0.3) is 0 Å². The zero-order valence-corrected chi connectivity index (χ0v) is 29.8. The van der Waals surface area contributed by atoms with Gasteiger partial charge >= 0.3 is 14.4 Å². The van der Waals surface area contributed by atoms with Crippen LogP contribution in [0.5, 0.6) is 0 Å². The Labute approximate surface area is 257 Å². The highest BCUT2D eigenvalue weighted by molar-refractivity contribution is 9.10. The molecule has 0 aromatic carbocycles. The lowest BCUT2D eigenvalue weighted by Crippen LogP contribution is -2.41. The van der Waals surface area contributed by atoms with E-state index in [4.69, 9.17) is 23.3 Å². The van der Waals surface area contributed by atoms with Gasteiger partial charge in [-0.3, -0.25) is 9.36 Å². The summed E-state index contributed by atoms with van der Waals surface area (Å²) in [5, 5.41) is 8.54. The Hall–Kier alpha value is -1.17. The maximum absolute atomic E-state index is 6.00. The first-order valence-corrected chi connectivity index (χ1v) is 15.2. The molecule has 0 N–H and O–H groups in total. The zero-order valence-electron chi connectivity index (χ0n) is 28.2. The van der Waals surface area contributed by atoms with Crippen molar-refractivity contribution in [2.45, 2.75) is 150 Å². The monoisotopic (exact) mass is 638 g/mol. The first-order valence-electron chi connectivity index (χ1n) is 14.4.